The third-order valence-electron chi connectivity index (χ3n) is 2.69. The molecule has 5 N–H and O–H groups in total. The Bertz CT molecular complexity index is 210. The predicted molar refractivity (Wildman–Crippen MR) is 60.2 cm³/mol. The van der Waals surface area contributed by atoms with E-state index in [0.717, 1.165) is 12.8 Å². The first-order valence-corrected chi connectivity index (χ1v) is 5.81. The number of unbranched alkanes of at least 4 members (excludes halogenated alkanes) is 2. The first-order valence-electron chi connectivity index (χ1n) is 5.81. The van der Waals surface area contributed by atoms with Crippen molar-refractivity contribution in [2.45, 2.75) is 63.1 Å². The van der Waals surface area contributed by atoms with Crippen LogP contribution >= 0.6 is 0 Å². The Kier molecular flexibility index (Phi) is 8.28. The average Bonchev–Trinajstić information content (AvgIpc) is 2.35. The Hall–Kier alpha value is -0.530. The summed E-state index contributed by atoms with van der Waals surface area (Å²) >= 11 is 0. The van der Waals surface area contributed by atoms with Gasteiger partial charge in [0.05, 0.1) is 6.10 Å². The van der Waals surface area contributed by atoms with Crippen LogP contribution in [0.3, 0.4) is 0 Å². The molecule has 0 rings (SSSR count). The number of carbonyl (C=O) groups excluding carboxylic acids is 1. The van der Waals surface area contributed by atoms with Gasteiger partial charge in [-0.15, -0.1) is 0 Å². The summed E-state index contributed by atoms with van der Waals surface area (Å²) in [5.74, 6) is 0. The molecule has 0 bridgehead atoms. The summed E-state index contributed by atoms with van der Waals surface area (Å²) in [5, 5.41) is 46.7. The van der Waals surface area contributed by atoms with E-state index in [2.05, 4.69) is 0 Å². The monoisotopic (exact) mass is 250 g/mol. The van der Waals surface area contributed by atoms with Crippen molar-refractivity contribution >= 4 is 6.29 Å². The summed E-state index contributed by atoms with van der Waals surface area (Å²) < 4.78 is 0. The summed E-state index contributed by atoms with van der Waals surface area (Å²) in [5.41, 5.74) is 0. The number of rotatable bonds is 9. The molecule has 0 aromatic carbocycles. The van der Waals surface area contributed by atoms with Gasteiger partial charge < -0.3 is 30.3 Å². The zero-order valence-corrected chi connectivity index (χ0v) is 9.94. The second kappa shape index (κ2) is 8.54. The van der Waals surface area contributed by atoms with E-state index in [0.29, 0.717) is 6.42 Å². The molecule has 0 amide bonds. The molecule has 17 heavy (non-hydrogen) atoms. The van der Waals surface area contributed by atoms with Crippen molar-refractivity contribution in [3.05, 3.63) is 0 Å². The Morgan fingerprint density at radius 3 is 2.00 bits per heavy atom. The van der Waals surface area contributed by atoms with Crippen LogP contribution in [-0.2, 0) is 4.79 Å². The fourth-order valence-corrected chi connectivity index (χ4v) is 1.49. The lowest BCUT2D eigenvalue weighted by atomic mass is 9.96. The lowest BCUT2D eigenvalue weighted by molar-refractivity contribution is -0.145. The van der Waals surface area contributed by atoms with E-state index in [1.807, 2.05) is 6.92 Å². The van der Waals surface area contributed by atoms with Crippen molar-refractivity contribution in [1.29, 1.82) is 0 Å². The number of hydrogen-bond donors (Lipinski definition) is 5. The summed E-state index contributed by atoms with van der Waals surface area (Å²) in [7, 11) is 0. The molecule has 0 aliphatic heterocycles. The maximum Gasteiger partial charge on any atom is 0.151 e. The normalized spacial score (nSPS) is 20.4. The van der Waals surface area contributed by atoms with Crippen LogP contribution in [0.5, 0.6) is 0 Å². The van der Waals surface area contributed by atoms with Crippen LogP contribution in [0, 0.1) is 0 Å². The summed E-state index contributed by atoms with van der Waals surface area (Å²) in [6, 6.07) is 0. The summed E-state index contributed by atoms with van der Waals surface area (Å²) in [6.07, 6.45) is -5.23. The molecule has 5 unspecified atom stereocenters. The first-order chi connectivity index (χ1) is 7.95. The van der Waals surface area contributed by atoms with Crippen LogP contribution in [-0.4, -0.2) is 62.3 Å². The van der Waals surface area contributed by atoms with Gasteiger partial charge in [0, 0.05) is 0 Å². The van der Waals surface area contributed by atoms with Crippen LogP contribution < -0.4 is 0 Å². The van der Waals surface area contributed by atoms with Crippen molar-refractivity contribution in [3.63, 3.8) is 0 Å². The molecule has 0 heterocycles. The summed E-state index contributed by atoms with van der Waals surface area (Å²) in [4.78, 5) is 10.2. The Balaban J connectivity index is 4.17. The maximum atomic E-state index is 10.2. The number of aliphatic hydroxyl groups is 5. The smallest absolute Gasteiger partial charge is 0.151 e. The topological polar surface area (TPSA) is 118 Å². The molecular weight excluding hydrogens is 228 g/mol. The second-order valence-corrected chi connectivity index (χ2v) is 4.16. The van der Waals surface area contributed by atoms with Gasteiger partial charge in [0.15, 0.2) is 6.29 Å². The van der Waals surface area contributed by atoms with Gasteiger partial charge in [-0.05, 0) is 6.42 Å². The van der Waals surface area contributed by atoms with Gasteiger partial charge in [-0.25, -0.2) is 0 Å². The Labute approximate surface area is 101 Å². The van der Waals surface area contributed by atoms with Crippen LogP contribution in [0.1, 0.15) is 32.6 Å². The van der Waals surface area contributed by atoms with Crippen LogP contribution in [0.15, 0.2) is 0 Å². The van der Waals surface area contributed by atoms with Crippen molar-refractivity contribution in [2.24, 2.45) is 0 Å². The molecule has 5 atom stereocenters. The standard InChI is InChI=1S/C11H22O6/c1-2-3-4-5-7(13)9(15)11(17)10(16)8(14)6-12/h6-11,13-17H,2-5H2,1H3. The summed E-state index contributed by atoms with van der Waals surface area (Å²) in [6.45, 7) is 1.99. The van der Waals surface area contributed by atoms with E-state index in [9.17, 15) is 25.2 Å². The van der Waals surface area contributed by atoms with Gasteiger partial charge in [-0.2, -0.15) is 0 Å². The number of aldehydes is 1. The third-order valence-corrected chi connectivity index (χ3v) is 2.69. The molecule has 102 valence electrons. The minimum Gasteiger partial charge on any atom is -0.390 e. The van der Waals surface area contributed by atoms with E-state index < -0.39 is 30.5 Å². The molecular formula is C11H22O6. The van der Waals surface area contributed by atoms with E-state index in [-0.39, 0.29) is 12.7 Å². The number of aliphatic hydroxyl groups excluding tert-OH is 5. The van der Waals surface area contributed by atoms with Crippen LogP contribution in [0.4, 0.5) is 0 Å². The minimum absolute atomic E-state index is 0.0596. The van der Waals surface area contributed by atoms with E-state index >= 15 is 0 Å². The first kappa shape index (κ1) is 16.5. The van der Waals surface area contributed by atoms with Crippen molar-refractivity contribution in [2.75, 3.05) is 0 Å². The molecule has 0 radical (unpaired) electrons. The molecule has 0 saturated heterocycles. The zero-order chi connectivity index (χ0) is 13.4. The highest BCUT2D eigenvalue weighted by molar-refractivity contribution is 5.56. The van der Waals surface area contributed by atoms with E-state index in [4.69, 9.17) is 5.11 Å². The van der Waals surface area contributed by atoms with Crippen LogP contribution in [0.25, 0.3) is 0 Å². The SMILES string of the molecule is CCCCCC(O)C(O)C(O)C(O)C(O)C=O. The van der Waals surface area contributed by atoms with E-state index in [1.54, 1.807) is 0 Å². The highest BCUT2D eigenvalue weighted by Gasteiger charge is 2.33. The predicted octanol–water partition coefficient (Wildman–Crippen LogP) is -1.43. The lowest BCUT2D eigenvalue weighted by Crippen LogP contribution is -2.49. The average molecular weight is 250 g/mol. The molecule has 0 fully saturated rings. The largest absolute Gasteiger partial charge is 0.390 e. The molecule has 0 aliphatic carbocycles. The highest BCUT2D eigenvalue weighted by atomic mass is 16.4. The lowest BCUT2D eigenvalue weighted by Gasteiger charge is -2.27. The molecule has 0 aromatic rings. The quantitative estimate of drug-likeness (QED) is 0.253. The molecule has 0 saturated carbocycles. The fraction of sp³-hybridized carbons (Fsp3) is 0.909. The Morgan fingerprint density at radius 1 is 0.941 bits per heavy atom. The molecule has 6 heteroatoms. The van der Waals surface area contributed by atoms with Crippen molar-refractivity contribution in [3.8, 4) is 0 Å². The van der Waals surface area contributed by atoms with Crippen molar-refractivity contribution < 1.29 is 30.3 Å². The van der Waals surface area contributed by atoms with Gasteiger partial charge in [0.25, 0.3) is 0 Å². The highest BCUT2D eigenvalue weighted by Crippen LogP contribution is 2.13. The van der Waals surface area contributed by atoms with Crippen LogP contribution in [0.2, 0.25) is 0 Å². The van der Waals surface area contributed by atoms with Gasteiger partial charge >= 0.3 is 0 Å². The van der Waals surface area contributed by atoms with Crippen molar-refractivity contribution in [1.82, 2.24) is 0 Å². The number of hydrogen-bond acceptors (Lipinski definition) is 6. The second-order valence-electron chi connectivity index (χ2n) is 4.16. The van der Waals surface area contributed by atoms with Gasteiger partial charge in [0.1, 0.15) is 24.4 Å². The molecule has 0 aliphatic rings. The Morgan fingerprint density at radius 2 is 1.53 bits per heavy atom. The minimum atomic E-state index is -1.80. The molecule has 6 nitrogen and oxygen atoms in total. The van der Waals surface area contributed by atoms with E-state index in [1.165, 1.54) is 0 Å². The van der Waals surface area contributed by atoms with Gasteiger partial charge in [0.2, 0.25) is 0 Å². The van der Waals surface area contributed by atoms with Gasteiger partial charge in [-0.3, -0.25) is 0 Å². The molecule has 0 spiro atoms. The molecule has 0 aromatic heterocycles. The third kappa shape index (κ3) is 5.56. The fourth-order valence-electron chi connectivity index (χ4n) is 1.49. The number of carbonyl (C=O) groups is 1. The maximum absolute atomic E-state index is 10.2. The van der Waals surface area contributed by atoms with Gasteiger partial charge in [-0.1, -0.05) is 26.2 Å². The zero-order valence-electron chi connectivity index (χ0n) is 9.94.